The molecular formula is C15H17NO2. The van der Waals surface area contributed by atoms with E-state index in [4.69, 9.17) is 0 Å². The first-order valence-electron chi connectivity index (χ1n) is 6.46. The lowest BCUT2D eigenvalue weighted by molar-refractivity contribution is -0.125. The summed E-state index contributed by atoms with van der Waals surface area (Å²) in [5.41, 5.74) is 1.01. The van der Waals surface area contributed by atoms with Crippen molar-refractivity contribution in [2.45, 2.75) is 19.4 Å². The molecule has 0 heterocycles. The summed E-state index contributed by atoms with van der Waals surface area (Å²) in [6.07, 6.45) is 6.59. The minimum atomic E-state index is 0.164. The molecule has 0 radical (unpaired) electrons. The number of carbonyl (C=O) groups is 1. The molecular weight excluding hydrogens is 226 g/mol. The van der Waals surface area contributed by atoms with Gasteiger partial charge in [0, 0.05) is 12.5 Å². The average Bonchev–Trinajstić information content (AvgIpc) is 3.00. The zero-order chi connectivity index (χ0) is 12.5. The minimum Gasteiger partial charge on any atom is -0.508 e. The van der Waals surface area contributed by atoms with Crippen LogP contribution in [0.1, 0.15) is 18.4 Å². The van der Waals surface area contributed by atoms with E-state index < -0.39 is 0 Å². The van der Waals surface area contributed by atoms with Crippen molar-refractivity contribution in [3.05, 3.63) is 42.0 Å². The Morgan fingerprint density at radius 2 is 2.00 bits per heavy atom. The van der Waals surface area contributed by atoms with Gasteiger partial charge in [-0.2, -0.15) is 0 Å². The van der Waals surface area contributed by atoms with E-state index in [0.717, 1.165) is 18.4 Å². The van der Waals surface area contributed by atoms with Gasteiger partial charge in [-0.3, -0.25) is 4.79 Å². The second-order valence-corrected chi connectivity index (χ2v) is 5.27. The molecule has 3 heteroatoms. The SMILES string of the molecule is O=C(NCc1ccc(O)cc1)C1CC2C=CC1C2. The van der Waals surface area contributed by atoms with Gasteiger partial charge in [-0.1, -0.05) is 24.3 Å². The normalized spacial score (nSPS) is 28.6. The fourth-order valence-corrected chi connectivity index (χ4v) is 3.02. The van der Waals surface area contributed by atoms with Gasteiger partial charge in [0.15, 0.2) is 0 Å². The number of phenols is 1. The first kappa shape index (κ1) is 11.3. The summed E-state index contributed by atoms with van der Waals surface area (Å²) in [5, 5.41) is 12.2. The van der Waals surface area contributed by atoms with E-state index in [-0.39, 0.29) is 17.6 Å². The van der Waals surface area contributed by atoms with Gasteiger partial charge in [-0.15, -0.1) is 0 Å². The molecule has 1 amide bonds. The number of hydrogen-bond acceptors (Lipinski definition) is 2. The molecule has 1 aromatic carbocycles. The molecule has 3 atom stereocenters. The molecule has 0 aromatic heterocycles. The van der Waals surface area contributed by atoms with E-state index in [9.17, 15) is 9.90 Å². The lowest BCUT2D eigenvalue weighted by atomic mass is 9.93. The first-order valence-corrected chi connectivity index (χ1v) is 6.46. The Hall–Kier alpha value is -1.77. The van der Waals surface area contributed by atoms with Crippen molar-refractivity contribution in [1.82, 2.24) is 5.32 Å². The Bertz CT molecular complexity index is 478. The van der Waals surface area contributed by atoms with Crippen LogP contribution in [0.5, 0.6) is 5.75 Å². The van der Waals surface area contributed by atoms with Crippen LogP contribution in [0, 0.1) is 17.8 Å². The Morgan fingerprint density at radius 1 is 1.22 bits per heavy atom. The smallest absolute Gasteiger partial charge is 0.223 e. The van der Waals surface area contributed by atoms with E-state index >= 15 is 0 Å². The highest BCUT2D eigenvalue weighted by molar-refractivity contribution is 5.80. The maximum Gasteiger partial charge on any atom is 0.223 e. The zero-order valence-electron chi connectivity index (χ0n) is 10.2. The van der Waals surface area contributed by atoms with Crippen molar-refractivity contribution >= 4 is 5.91 Å². The van der Waals surface area contributed by atoms with Gasteiger partial charge in [-0.05, 0) is 42.4 Å². The van der Waals surface area contributed by atoms with Crippen LogP contribution in [-0.4, -0.2) is 11.0 Å². The highest BCUT2D eigenvalue weighted by Crippen LogP contribution is 2.43. The average molecular weight is 243 g/mol. The maximum atomic E-state index is 12.1. The Labute approximate surface area is 107 Å². The van der Waals surface area contributed by atoms with Gasteiger partial charge >= 0.3 is 0 Å². The van der Waals surface area contributed by atoms with Crippen molar-refractivity contribution < 1.29 is 9.90 Å². The molecule has 94 valence electrons. The number of aromatic hydroxyl groups is 1. The zero-order valence-corrected chi connectivity index (χ0v) is 10.2. The number of hydrogen-bond donors (Lipinski definition) is 2. The topological polar surface area (TPSA) is 49.3 Å². The predicted molar refractivity (Wildman–Crippen MR) is 68.8 cm³/mol. The highest BCUT2D eigenvalue weighted by atomic mass is 16.3. The van der Waals surface area contributed by atoms with E-state index in [0.29, 0.717) is 18.4 Å². The summed E-state index contributed by atoms with van der Waals surface area (Å²) in [5.74, 6) is 1.66. The van der Waals surface area contributed by atoms with Gasteiger partial charge in [-0.25, -0.2) is 0 Å². The van der Waals surface area contributed by atoms with E-state index in [1.165, 1.54) is 0 Å². The van der Waals surface area contributed by atoms with Crippen molar-refractivity contribution in [3.63, 3.8) is 0 Å². The summed E-state index contributed by atoms with van der Waals surface area (Å²) >= 11 is 0. The summed E-state index contributed by atoms with van der Waals surface area (Å²) in [6.45, 7) is 0.538. The van der Waals surface area contributed by atoms with Crippen LogP contribution in [0.3, 0.4) is 0 Å². The second kappa shape index (κ2) is 4.48. The molecule has 1 aromatic rings. The molecule has 1 saturated carbocycles. The monoisotopic (exact) mass is 243 g/mol. The largest absolute Gasteiger partial charge is 0.508 e. The third-order valence-corrected chi connectivity index (χ3v) is 4.02. The molecule has 3 rings (SSSR count). The third kappa shape index (κ3) is 2.13. The molecule has 3 unspecified atom stereocenters. The van der Waals surface area contributed by atoms with Crippen LogP contribution in [-0.2, 0) is 11.3 Å². The van der Waals surface area contributed by atoms with Crippen LogP contribution in [0.25, 0.3) is 0 Å². The predicted octanol–water partition coefficient (Wildman–Crippen LogP) is 2.22. The molecule has 3 nitrogen and oxygen atoms in total. The Kier molecular flexibility index (Phi) is 2.82. The Morgan fingerprint density at radius 3 is 2.61 bits per heavy atom. The minimum absolute atomic E-state index is 0.164. The number of carbonyl (C=O) groups excluding carboxylic acids is 1. The van der Waals surface area contributed by atoms with E-state index in [1.807, 2.05) is 12.1 Å². The molecule has 0 aliphatic heterocycles. The van der Waals surface area contributed by atoms with Crippen LogP contribution in [0.4, 0.5) is 0 Å². The molecule has 0 saturated heterocycles. The van der Waals surface area contributed by atoms with Gasteiger partial charge in [0.2, 0.25) is 5.91 Å². The highest BCUT2D eigenvalue weighted by Gasteiger charge is 2.39. The number of allylic oxidation sites excluding steroid dienone is 2. The summed E-state index contributed by atoms with van der Waals surface area (Å²) < 4.78 is 0. The number of rotatable bonds is 3. The van der Waals surface area contributed by atoms with Crippen molar-refractivity contribution in [3.8, 4) is 5.75 Å². The Balaban J connectivity index is 1.56. The molecule has 1 fully saturated rings. The standard InChI is InChI=1S/C15H17NO2/c17-13-5-2-10(3-6-13)9-16-15(18)14-8-11-1-4-12(14)7-11/h1-6,11-12,14,17H,7-9H2,(H,16,18). The number of nitrogens with one attached hydrogen (secondary N) is 1. The number of phenolic OH excluding ortho intramolecular Hbond substituents is 1. The summed E-state index contributed by atoms with van der Waals surface area (Å²) in [4.78, 5) is 12.1. The fraction of sp³-hybridized carbons (Fsp3) is 0.400. The van der Waals surface area contributed by atoms with Crippen LogP contribution in [0.2, 0.25) is 0 Å². The summed E-state index contributed by atoms with van der Waals surface area (Å²) in [6, 6.07) is 6.94. The quantitative estimate of drug-likeness (QED) is 0.800. The van der Waals surface area contributed by atoms with Gasteiger partial charge in [0.25, 0.3) is 0 Å². The van der Waals surface area contributed by atoms with Gasteiger partial charge in [0.05, 0.1) is 0 Å². The lowest BCUT2D eigenvalue weighted by Crippen LogP contribution is -2.32. The van der Waals surface area contributed by atoms with E-state index in [2.05, 4.69) is 17.5 Å². The van der Waals surface area contributed by atoms with Crippen LogP contribution < -0.4 is 5.32 Å². The summed E-state index contributed by atoms with van der Waals surface area (Å²) in [7, 11) is 0. The molecule has 2 aliphatic rings. The third-order valence-electron chi connectivity index (χ3n) is 4.02. The van der Waals surface area contributed by atoms with Crippen LogP contribution in [0.15, 0.2) is 36.4 Å². The maximum absolute atomic E-state index is 12.1. The first-order chi connectivity index (χ1) is 8.72. The second-order valence-electron chi connectivity index (χ2n) is 5.27. The molecule has 2 aliphatic carbocycles. The van der Waals surface area contributed by atoms with Crippen molar-refractivity contribution in [2.24, 2.45) is 17.8 Å². The molecule has 18 heavy (non-hydrogen) atoms. The van der Waals surface area contributed by atoms with Crippen LogP contribution >= 0.6 is 0 Å². The van der Waals surface area contributed by atoms with E-state index in [1.54, 1.807) is 12.1 Å². The lowest BCUT2D eigenvalue weighted by Gasteiger charge is -2.17. The molecule has 0 spiro atoms. The van der Waals surface area contributed by atoms with Crippen molar-refractivity contribution in [1.29, 1.82) is 0 Å². The fourth-order valence-electron chi connectivity index (χ4n) is 3.02. The van der Waals surface area contributed by atoms with Gasteiger partial charge in [0.1, 0.15) is 5.75 Å². The number of fused-ring (bicyclic) bond motifs is 2. The van der Waals surface area contributed by atoms with Gasteiger partial charge < -0.3 is 10.4 Å². The number of benzene rings is 1. The molecule has 2 bridgehead atoms. The number of amides is 1. The molecule has 2 N–H and O–H groups in total. The van der Waals surface area contributed by atoms with Crippen molar-refractivity contribution in [2.75, 3.05) is 0 Å².